The third-order valence-corrected chi connectivity index (χ3v) is 2.39. The average molecular weight is 212 g/mol. The van der Waals surface area contributed by atoms with Gasteiger partial charge in [0.15, 0.2) is 0 Å². The smallest absolute Gasteiger partial charge is 0.146 e. The van der Waals surface area contributed by atoms with Gasteiger partial charge in [0.25, 0.3) is 0 Å². The molecule has 0 fully saturated rings. The van der Waals surface area contributed by atoms with E-state index in [1.165, 1.54) is 0 Å². The highest BCUT2D eigenvalue weighted by atomic mass is 15.4. The van der Waals surface area contributed by atoms with E-state index in [4.69, 9.17) is 5.26 Å². The standard InChI is InChI=1S/C12H12N4/c1-9-3-4-10(2)16(9)15-12-7-11(8-13)5-6-14-12/h3-7H,1-2H3,(H,14,15). The van der Waals surface area contributed by atoms with Crippen LogP contribution in [0.2, 0.25) is 0 Å². The molecule has 0 unspecified atom stereocenters. The van der Waals surface area contributed by atoms with Gasteiger partial charge in [-0.15, -0.1) is 0 Å². The number of hydrogen-bond donors (Lipinski definition) is 1. The second kappa shape index (κ2) is 4.07. The Morgan fingerprint density at radius 2 is 1.94 bits per heavy atom. The quantitative estimate of drug-likeness (QED) is 0.830. The molecule has 16 heavy (non-hydrogen) atoms. The highest BCUT2D eigenvalue weighted by molar-refractivity contribution is 5.43. The van der Waals surface area contributed by atoms with E-state index in [1.807, 2.05) is 30.7 Å². The van der Waals surface area contributed by atoms with E-state index < -0.39 is 0 Å². The Hall–Kier alpha value is -2.28. The van der Waals surface area contributed by atoms with Gasteiger partial charge in [-0.2, -0.15) is 5.26 Å². The summed E-state index contributed by atoms with van der Waals surface area (Å²) in [6.45, 7) is 4.02. The lowest BCUT2D eigenvalue weighted by molar-refractivity contribution is 0.871. The minimum absolute atomic E-state index is 0.597. The summed E-state index contributed by atoms with van der Waals surface area (Å²) in [6.07, 6.45) is 1.62. The van der Waals surface area contributed by atoms with E-state index in [1.54, 1.807) is 18.3 Å². The van der Waals surface area contributed by atoms with Crippen LogP contribution in [0.15, 0.2) is 30.5 Å². The summed E-state index contributed by atoms with van der Waals surface area (Å²) in [5.74, 6) is 0.668. The van der Waals surface area contributed by atoms with Crippen molar-refractivity contribution in [3.8, 4) is 6.07 Å². The monoisotopic (exact) mass is 212 g/mol. The van der Waals surface area contributed by atoms with Crippen molar-refractivity contribution in [2.75, 3.05) is 5.43 Å². The zero-order chi connectivity index (χ0) is 11.5. The van der Waals surface area contributed by atoms with Crippen molar-refractivity contribution in [1.82, 2.24) is 9.66 Å². The number of aryl methyl sites for hydroxylation is 2. The van der Waals surface area contributed by atoms with Crippen molar-refractivity contribution < 1.29 is 0 Å². The Balaban J connectivity index is 2.31. The lowest BCUT2D eigenvalue weighted by atomic mass is 10.3. The highest BCUT2D eigenvalue weighted by Crippen LogP contribution is 2.10. The van der Waals surface area contributed by atoms with Crippen molar-refractivity contribution in [3.05, 3.63) is 47.4 Å². The van der Waals surface area contributed by atoms with Gasteiger partial charge in [0, 0.05) is 17.6 Å². The molecule has 1 N–H and O–H groups in total. The molecule has 2 heterocycles. The van der Waals surface area contributed by atoms with E-state index >= 15 is 0 Å². The molecule has 0 aliphatic carbocycles. The van der Waals surface area contributed by atoms with Gasteiger partial charge in [-0.3, -0.25) is 10.1 Å². The molecule has 2 aromatic rings. The van der Waals surface area contributed by atoms with Crippen LogP contribution in [0.3, 0.4) is 0 Å². The number of nitrogens with zero attached hydrogens (tertiary/aromatic N) is 3. The summed E-state index contributed by atoms with van der Waals surface area (Å²) in [4.78, 5) is 4.16. The van der Waals surface area contributed by atoms with Crippen molar-refractivity contribution in [2.45, 2.75) is 13.8 Å². The molecule has 0 aliphatic heterocycles. The van der Waals surface area contributed by atoms with Crippen molar-refractivity contribution in [1.29, 1.82) is 5.26 Å². The van der Waals surface area contributed by atoms with E-state index in [0.29, 0.717) is 11.4 Å². The topological polar surface area (TPSA) is 53.6 Å². The first-order valence-corrected chi connectivity index (χ1v) is 4.99. The lowest BCUT2D eigenvalue weighted by Crippen LogP contribution is -2.13. The summed E-state index contributed by atoms with van der Waals surface area (Å²) < 4.78 is 1.93. The van der Waals surface area contributed by atoms with Gasteiger partial charge in [-0.1, -0.05) is 0 Å². The summed E-state index contributed by atoms with van der Waals surface area (Å²) in [5.41, 5.74) is 5.94. The number of rotatable bonds is 2. The Morgan fingerprint density at radius 3 is 2.56 bits per heavy atom. The Morgan fingerprint density at radius 1 is 1.25 bits per heavy atom. The minimum atomic E-state index is 0.597. The number of nitrogens with one attached hydrogen (secondary N) is 1. The Bertz CT molecular complexity index is 529. The van der Waals surface area contributed by atoms with Crippen LogP contribution in [0, 0.1) is 25.2 Å². The fourth-order valence-corrected chi connectivity index (χ4v) is 1.52. The molecule has 80 valence electrons. The number of aromatic nitrogens is 2. The Labute approximate surface area is 94.1 Å². The maximum Gasteiger partial charge on any atom is 0.146 e. The molecule has 0 amide bonds. The van der Waals surface area contributed by atoms with Crippen LogP contribution >= 0.6 is 0 Å². The van der Waals surface area contributed by atoms with Gasteiger partial charge in [-0.25, -0.2) is 4.98 Å². The van der Waals surface area contributed by atoms with Crippen LogP contribution in [0.25, 0.3) is 0 Å². The first-order chi connectivity index (χ1) is 7.70. The fraction of sp³-hybridized carbons (Fsp3) is 0.167. The van der Waals surface area contributed by atoms with Crippen molar-refractivity contribution >= 4 is 5.82 Å². The largest absolute Gasteiger partial charge is 0.278 e. The zero-order valence-corrected chi connectivity index (χ0v) is 9.23. The molecule has 0 saturated heterocycles. The van der Waals surface area contributed by atoms with Gasteiger partial charge in [-0.05, 0) is 38.1 Å². The van der Waals surface area contributed by atoms with Crippen LogP contribution < -0.4 is 5.43 Å². The molecule has 0 radical (unpaired) electrons. The van der Waals surface area contributed by atoms with Gasteiger partial charge in [0.2, 0.25) is 0 Å². The number of pyridine rings is 1. The molecular weight excluding hydrogens is 200 g/mol. The number of hydrogen-bond acceptors (Lipinski definition) is 3. The molecule has 0 aromatic carbocycles. The van der Waals surface area contributed by atoms with Crippen molar-refractivity contribution in [3.63, 3.8) is 0 Å². The summed E-state index contributed by atoms with van der Waals surface area (Å²) >= 11 is 0. The third kappa shape index (κ3) is 1.89. The minimum Gasteiger partial charge on any atom is -0.278 e. The van der Waals surface area contributed by atoms with Crippen LogP contribution in [0.4, 0.5) is 5.82 Å². The molecular formula is C12H12N4. The van der Waals surface area contributed by atoms with Crippen LogP contribution in [0.5, 0.6) is 0 Å². The van der Waals surface area contributed by atoms with Crippen molar-refractivity contribution in [2.24, 2.45) is 0 Å². The first-order valence-electron chi connectivity index (χ1n) is 4.99. The van der Waals surface area contributed by atoms with Gasteiger partial charge in [0.1, 0.15) is 5.82 Å². The van der Waals surface area contributed by atoms with Gasteiger partial charge < -0.3 is 0 Å². The van der Waals surface area contributed by atoms with Crippen LogP contribution in [-0.4, -0.2) is 9.66 Å². The molecule has 4 heteroatoms. The first kappa shape index (κ1) is 10.2. The van der Waals surface area contributed by atoms with Gasteiger partial charge >= 0.3 is 0 Å². The summed E-state index contributed by atoms with van der Waals surface area (Å²) in [7, 11) is 0. The molecule has 2 aromatic heterocycles. The van der Waals surface area contributed by atoms with E-state index in [2.05, 4.69) is 16.5 Å². The number of nitriles is 1. The molecule has 0 aliphatic rings. The lowest BCUT2D eigenvalue weighted by Gasteiger charge is -2.11. The van der Waals surface area contributed by atoms with Crippen LogP contribution in [0.1, 0.15) is 17.0 Å². The normalized spacial score (nSPS) is 9.81. The van der Waals surface area contributed by atoms with Crippen LogP contribution in [-0.2, 0) is 0 Å². The second-order valence-corrected chi connectivity index (χ2v) is 3.60. The van der Waals surface area contributed by atoms with Gasteiger partial charge in [0.05, 0.1) is 11.6 Å². The maximum atomic E-state index is 8.78. The molecule has 0 atom stereocenters. The SMILES string of the molecule is Cc1ccc(C)n1Nc1cc(C#N)ccn1. The number of anilines is 1. The predicted molar refractivity (Wildman–Crippen MR) is 61.9 cm³/mol. The average Bonchev–Trinajstić information content (AvgIpc) is 2.61. The molecule has 0 bridgehead atoms. The molecule has 0 saturated carbocycles. The Kier molecular flexibility index (Phi) is 2.61. The molecule has 0 spiro atoms. The fourth-order valence-electron chi connectivity index (χ4n) is 1.52. The van der Waals surface area contributed by atoms with E-state index in [9.17, 15) is 0 Å². The summed E-state index contributed by atoms with van der Waals surface area (Å²) in [5, 5.41) is 8.78. The molecule has 4 nitrogen and oxygen atoms in total. The third-order valence-electron chi connectivity index (χ3n) is 2.39. The maximum absolute atomic E-state index is 8.78. The predicted octanol–water partition coefficient (Wildman–Crippen LogP) is 2.25. The highest BCUT2D eigenvalue weighted by Gasteiger charge is 2.02. The van der Waals surface area contributed by atoms with E-state index in [0.717, 1.165) is 11.4 Å². The zero-order valence-electron chi connectivity index (χ0n) is 9.23. The molecule has 2 rings (SSSR count). The van der Waals surface area contributed by atoms with E-state index in [-0.39, 0.29) is 0 Å². The second-order valence-electron chi connectivity index (χ2n) is 3.60. The summed E-state index contributed by atoms with van der Waals surface area (Å²) in [6, 6.07) is 9.54.